The maximum absolute atomic E-state index is 7.12. The molecule has 0 fully saturated rings. The Bertz CT molecular complexity index is 81.4. The SMILES string of the molecule is OBO.c1cocn1. The Morgan fingerprint density at radius 3 is 2.25 bits per heavy atom. The van der Waals surface area contributed by atoms with E-state index < -0.39 is 7.69 Å². The summed E-state index contributed by atoms with van der Waals surface area (Å²) in [6, 6.07) is 0. The fraction of sp³-hybridized carbons (Fsp3) is 0. The molecule has 0 atom stereocenters. The van der Waals surface area contributed by atoms with Crippen LogP contribution in [0.4, 0.5) is 0 Å². The molecule has 4 nitrogen and oxygen atoms in total. The van der Waals surface area contributed by atoms with Gasteiger partial charge in [0.15, 0.2) is 6.39 Å². The molecule has 2 N–H and O–H groups in total. The van der Waals surface area contributed by atoms with Crippen molar-refractivity contribution in [2.75, 3.05) is 0 Å². The molecule has 1 rings (SSSR count). The first-order valence-corrected chi connectivity index (χ1v) is 1.95. The molecule has 0 aromatic carbocycles. The van der Waals surface area contributed by atoms with E-state index in [2.05, 4.69) is 9.40 Å². The number of oxazole rings is 1. The molecule has 0 aliphatic carbocycles. The van der Waals surface area contributed by atoms with Gasteiger partial charge < -0.3 is 14.5 Å². The third kappa shape index (κ3) is 5.19. The van der Waals surface area contributed by atoms with Crippen molar-refractivity contribution in [3.8, 4) is 0 Å². The third-order valence-corrected chi connectivity index (χ3v) is 0.347. The predicted molar refractivity (Wildman–Crippen MR) is 28.1 cm³/mol. The first kappa shape index (κ1) is 7.19. The average molecular weight is 115 g/mol. The zero-order chi connectivity index (χ0) is 6.24. The summed E-state index contributed by atoms with van der Waals surface area (Å²) in [6.45, 7) is 0. The Morgan fingerprint density at radius 2 is 2.12 bits per heavy atom. The minimum Gasteiger partial charge on any atom is -0.452 e. The van der Waals surface area contributed by atoms with E-state index in [1.807, 2.05) is 0 Å². The summed E-state index contributed by atoms with van der Waals surface area (Å²) in [7, 11) is -0.750. The van der Waals surface area contributed by atoms with Crippen LogP contribution in [0, 0.1) is 0 Å². The summed E-state index contributed by atoms with van der Waals surface area (Å²) in [5.41, 5.74) is 0. The maximum Gasteiger partial charge on any atom is 0.432 e. The van der Waals surface area contributed by atoms with Crippen LogP contribution in [0.5, 0.6) is 0 Å². The van der Waals surface area contributed by atoms with Crippen LogP contribution in [0.15, 0.2) is 23.3 Å². The van der Waals surface area contributed by atoms with E-state index in [0.717, 1.165) is 0 Å². The molecule has 0 spiro atoms. The molecule has 44 valence electrons. The fourth-order valence-electron chi connectivity index (χ4n) is 0.176. The van der Waals surface area contributed by atoms with Gasteiger partial charge in [0.25, 0.3) is 0 Å². The fourth-order valence-corrected chi connectivity index (χ4v) is 0.176. The van der Waals surface area contributed by atoms with Gasteiger partial charge in [0.05, 0.1) is 6.20 Å². The number of hydrogen-bond donors (Lipinski definition) is 2. The van der Waals surface area contributed by atoms with Gasteiger partial charge in [0, 0.05) is 0 Å². The van der Waals surface area contributed by atoms with E-state index in [1.165, 1.54) is 12.7 Å². The lowest BCUT2D eigenvalue weighted by Gasteiger charge is -1.48. The van der Waals surface area contributed by atoms with Gasteiger partial charge >= 0.3 is 7.69 Å². The zero-order valence-corrected chi connectivity index (χ0v) is 4.19. The van der Waals surface area contributed by atoms with Crippen molar-refractivity contribution < 1.29 is 14.5 Å². The van der Waals surface area contributed by atoms with E-state index in [9.17, 15) is 0 Å². The van der Waals surface area contributed by atoms with Crippen LogP contribution < -0.4 is 0 Å². The predicted octanol–water partition coefficient (Wildman–Crippen LogP) is -1.09. The third-order valence-electron chi connectivity index (χ3n) is 0.347. The topological polar surface area (TPSA) is 66.5 Å². The molecular formula is C3H6BNO3. The van der Waals surface area contributed by atoms with E-state index in [4.69, 9.17) is 10.0 Å². The lowest BCUT2D eigenvalue weighted by molar-refractivity contribution is 0.448. The highest BCUT2D eigenvalue weighted by atomic mass is 16.4. The van der Waals surface area contributed by atoms with Gasteiger partial charge in [0.1, 0.15) is 6.26 Å². The number of rotatable bonds is 0. The van der Waals surface area contributed by atoms with E-state index in [1.54, 1.807) is 6.20 Å². The summed E-state index contributed by atoms with van der Waals surface area (Å²) in [6.07, 6.45) is 4.47. The molecule has 0 aliphatic rings. The lowest BCUT2D eigenvalue weighted by Crippen LogP contribution is -1.75. The summed E-state index contributed by atoms with van der Waals surface area (Å²) in [5, 5.41) is 14.2. The van der Waals surface area contributed by atoms with Crippen molar-refractivity contribution in [1.29, 1.82) is 0 Å². The molecular weight excluding hydrogens is 109 g/mol. The van der Waals surface area contributed by atoms with Crippen LogP contribution in [0.1, 0.15) is 0 Å². The summed E-state index contributed by atoms with van der Waals surface area (Å²) in [5.74, 6) is 0. The molecule has 0 saturated carbocycles. The van der Waals surface area contributed by atoms with E-state index >= 15 is 0 Å². The quantitative estimate of drug-likeness (QED) is 0.421. The summed E-state index contributed by atoms with van der Waals surface area (Å²) < 4.78 is 4.47. The second-order valence-electron chi connectivity index (χ2n) is 0.817. The molecule has 0 radical (unpaired) electrons. The van der Waals surface area contributed by atoms with E-state index in [0.29, 0.717) is 0 Å². The molecule has 0 bridgehead atoms. The molecule has 1 heterocycles. The maximum atomic E-state index is 7.12. The van der Waals surface area contributed by atoms with Crippen LogP contribution in [-0.2, 0) is 0 Å². The van der Waals surface area contributed by atoms with Gasteiger partial charge in [-0.3, -0.25) is 0 Å². The van der Waals surface area contributed by atoms with Gasteiger partial charge in [0.2, 0.25) is 0 Å². The van der Waals surface area contributed by atoms with E-state index in [-0.39, 0.29) is 0 Å². The first-order valence-electron chi connectivity index (χ1n) is 1.95. The van der Waals surface area contributed by atoms with Crippen LogP contribution >= 0.6 is 0 Å². The Hall–Kier alpha value is -0.805. The molecule has 8 heavy (non-hydrogen) atoms. The van der Waals surface area contributed by atoms with Crippen LogP contribution in [-0.4, -0.2) is 22.7 Å². The normalized spacial score (nSPS) is 6.75. The van der Waals surface area contributed by atoms with Gasteiger partial charge in [-0.15, -0.1) is 0 Å². The highest BCUT2D eigenvalue weighted by molar-refractivity contribution is 6.13. The second-order valence-corrected chi connectivity index (χ2v) is 0.817. The Kier molecular flexibility index (Phi) is 5.57. The van der Waals surface area contributed by atoms with Crippen LogP contribution in [0.25, 0.3) is 0 Å². The standard InChI is InChI=1S/C3H3NO.BH3O2/c1-2-5-3-4-1;2-1-3/h1-3H;1-3H. The lowest BCUT2D eigenvalue weighted by atomic mass is 10.5. The molecule has 0 unspecified atom stereocenters. The Labute approximate surface area is 47.1 Å². The number of nitrogens with zero attached hydrogens (tertiary/aromatic N) is 1. The van der Waals surface area contributed by atoms with Crippen LogP contribution in [0.3, 0.4) is 0 Å². The second kappa shape index (κ2) is 6.19. The summed E-state index contributed by atoms with van der Waals surface area (Å²) in [4.78, 5) is 3.56. The Balaban J connectivity index is 0.000000145. The Morgan fingerprint density at radius 1 is 1.50 bits per heavy atom. The smallest absolute Gasteiger partial charge is 0.432 e. The van der Waals surface area contributed by atoms with Gasteiger partial charge in [-0.2, -0.15) is 0 Å². The molecule has 0 amide bonds. The molecule has 0 saturated heterocycles. The zero-order valence-electron chi connectivity index (χ0n) is 4.19. The van der Waals surface area contributed by atoms with Crippen molar-refractivity contribution in [3.63, 3.8) is 0 Å². The van der Waals surface area contributed by atoms with Crippen molar-refractivity contribution in [1.82, 2.24) is 4.98 Å². The summed E-state index contributed by atoms with van der Waals surface area (Å²) >= 11 is 0. The number of hydrogen-bond acceptors (Lipinski definition) is 4. The van der Waals surface area contributed by atoms with Gasteiger partial charge in [-0.25, -0.2) is 4.98 Å². The first-order chi connectivity index (χ1) is 3.91. The average Bonchev–Trinajstić information content (AvgIpc) is 2.17. The molecule has 1 aromatic rings. The van der Waals surface area contributed by atoms with Crippen LogP contribution in [0.2, 0.25) is 0 Å². The highest BCUT2D eigenvalue weighted by Crippen LogP contribution is 1.72. The minimum atomic E-state index is -0.750. The van der Waals surface area contributed by atoms with Gasteiger partial charge in [-0.05, 0) is 0 Å². The van der Waals surface area contributed by atoms with Crippen molar-refractivity contribution in [2.45, 2.75) is 0 Å². The van der Waals surface area contributed by atoms with Crippen molar-refractivity contribution >= 4 is 7.69 Å². The van der Waals surface area contributed by atoms with Gasteiger partial charge in [-0.1, -0.05) is 0 Å². The molecule has 0 aliphatic heterocycles. The largest absolute Gasteiger partial charge is 0.452 e. The van der Waals surface area contributed by atoms with Crippen molar-refractivity contribution in [2.24, 2.45) is 0 Å². The highest BCUT2D eigenvalue weighted by Gasteiger charge is 1.59. The minimum absolute atomic E-state index is 0.750. The monoisotopic (exact) mass is 115 g/mol. The molecule has 1 aromatic heterocycles. The number of aromatic nitrogens is 1. The molecule has 5 heteroatoms. The van der Waals surface area contributed by atoms with Crippen molar-refractivity contribution in [3.05, 3.63) is 18.9 Å².